The number of hydrogen-bond acceptors (Lipinski definition) is 3. The van der Waals surface area contributed by atoms with Crippen LogP contribution in [0.15, 0.2) is 12.3 Å². The Morgan fingerprint density at radius 3 is 2.92 bits per heavy atom. The minimum atomic E-state index is 0.399. The molecular formula is C8H8ClN3O. The first-order chi connectivity index (χ1) is 6.24. The van der Waals surface area contributed by atoms with Gasteiger partial charge in [0.15, 0.2) is 5.15 Å². The molecular weight excluding hydrogens is 190 g/mol. The van der Waals surface area contributed by atoms with Crippen molar-refractivity contribution in [1.29, 1.82) is 0 Å². The fourth-order valence-corrected chi connectivity index (χ4v) is 1.48. The van der Waals surface area contributed by atoms with Crippen LogP contribution < -0.4 is 4.74 Å². The van der Waals surface area contributed by atoms with Crippen LogP contribution >= 0.6 is 11.6 Å². The summed E-state index contributed by atoms with van der Waals surface area (Å²) in [5.41, 5.74) is 0.863. The SMILES string of the molecule is COc1nnc(Cl)c2ccn(C)c12. The topological polar surface area (TPSA) is 39.9 Å². The van der Waals surface area contributed by atoms with Crippen molar-refractivity contribution in [2.24, 2.45) is 7.05 Å². The molecule has 0 bridgehead atoms. The summed E-state index contributed by atoms with van der Waals surface area (Å²) >= 11 is 5.86. The van der Waals surface area contributed by atoms with Crippen LogP contribution in [0.25, 0.3) is 10.9 Å². The molecule has 2 aromatic rings. The third-order valence-corrected chi connectivity index (χ3v) is 2.20. The van der Waals surface area contributed by atoms with Crippen LogP contribution in [0.1, 0.15) is 0 Å². The van der Waals surface area contributed by atoms with Crippen LogP contribution in [0.3, 0.4) is 0 Å². The van der Waals surface area contributed by atoms with Crippen LogP contribution in [0.4, 0.5) is 0 Å². The molecule has 0 spiro atoms. The average molecular weight is 198 g/mol. The molecule has 0 aliphatic carbocycles. The van der Waals surface area contributed by atoms with E-state index >= 15 is 0 Å². The van der Waals surface area contributed by atoms with Crippen LogP contribution in [0.2, 0.25) is 5.15 Å². The fourth-order valence-electron chi connectivity index (χ4n) is 1.29. The first kappa shape index (κ1) is 8.31. The van der Waals surface area contributed by atoms with E-state index in [1.54, 1.807) is 7.11 Å². The zero-order valence-electron chi connectivity index (χ0n) is 7.28. The Hall–Kier alpha value is -1.29. The van der Waals surface area contributed by atoms with Crippen molar-refractivity contribution in [3.8, 4) is 5.88 Å². The summed E-state index contributed by atoms with van der Waals surface area (Å²) in [5.74, 6) is 0.493. The zero-order valence-corrected chi connectivity index (χ0v) is 8.04. The number of aromatic nitrogens is 3. The molecule has 0 saturated heterocycles. The Morgan fingerprint density at radius 2 is 2.23 bits per heavy atom. The number of fused-ring (bicyclic) bond motifs is 1. The van der Waals surface area contributed by atoms with Crippen molar-refractivity contribution in [3.63, 3.8) is 0 Å². The van der Waals surface area contributed by atoms with Gasteiger partial charge in [0.2, 0.25) is 0 Å². The third-order valence-electron chi connectivity index (χ3n) is 1.92. The number of hydrogen-bond donors (Lipinski definition) is 0. The average Bonchev–Trinajstić information content (AvgIpc) is 2.51. The van der Waals surface area contributed by atoms with Crippen molar-refractivity contribution in [2.45, 2.75) is 0 Å². The lowest BCUT2D eigenvalue weighted by atomic mass is 10.3. The van der Waals surface area contributed by atoms with Crippen molar-refractivity contribution in [2.75, 3.05) is 7.11 Å². The number of rotatable bonds is 1. The van der Waals surface area contributed by atoms with Crippen LogP contribution in [-0.4, -0.2) is 21.9 Å². The van der Waals surface area contributed by atoms with E-state index in [1.807, 2.05) is 23.9 Å². The van der Waals surface area contributed by atoms with Gasteiger partial charge < -0.3 is 9.30 Å². The van der Waals surface area contributed by atoms with Gasteiger partial charge in [0.25, 0.3) is 5.88 Å². The molecule has 13 heavy (non-hydrogen) atoms. The second-order valence-corrected chi connectivity index (χ2v) is 3.05. The quantitative estimate of drug-likeness (QED) is 0.698. The van der Waals surface area contributed by atoms with E-state index in [1.165, 1.54) is 0 Å². The largest absolute Gasteiger partial charge is 0.478 e. The normalized spacial score (nSPS) is 10.7. The lowest BCUT2D eigenvalue weighted by molar-refractivity contribution is 0.396. The Balaban J connectivity index is 2.88. The Labute approximate surface area is 80.1 Å². The lowest BCUT2D eigenvalue weighted by Gasteiger charge is -2.02. The summed E-state index contributed by atoms with van der Waals surface area (Å²) < 4.78 is 6.97. The van der Waals surface area contributed by atoms with E-state index in [2.05, 4.69) is 10.2 Å². The molecule has 0 amide bonds. The second-order valence-electron chi connectivity index (χ2n) is 2.69. The Morgan fingerprint density at radius 1 is 1.46 bits per heavy atom. The first-order valence-electron chi connectivity index (χ1n) is 3.75. The van der Waals surface area contributed by atoms with Gasteiger partial charge in [-0.05, 0) is 6.07 Å². The van der Waals surface area contributed by atoms with Crippen molar-refractivity contribution in [1.82, 2.24) is 14.8 Å². The minimum absolute atomic E-state index is 0.399. The van der Waals surface area contributed by atoms with Gasteiger partial charge in [-0.1, -0.05) is 11.6 Å². The van der Waals surface area contributed by atoms with Crippen LogP contribution in [-0.2, 0) is 7.05 Å². The molecule has 0 radical (unpaired) electrons. The zero-order chi connectivity index (χ0) is 9.42. The number of methoxy groups -OCH3 is 1. The summed E-state index contributed by atoms with van der Waals surface area (Å²) in [6.45, 7) is 0. The molecule has 0 unspecified atom stereocenters. The van der Waals surface area contributed by atoms with Gasteiger partial charge in [-0.25, -0.2) is 0 Å². The molecule has 2 heterocycles. The first-order valence-corrected chi connectivity index (χ1v) is 4.13. The molecule has 0 N–H and O–H groups in total. The van der Waals surface area contributed by atoms with Crippen LogP contribution in [0.5, 0.6) is 5.88 Å². The van der Waals surface area contributed by atoms with E-state index < -0.39 is 0 Å². The highest BCUT2D eigenvalue weighted by atomic mass is 35.5. The molecule has 0 saturated carbocycles. The Bertz CT molecular complexity index is 452. The molecule has 4 nitrogen and oxygen atoms in total. The summed E-state index contributed by atoms with van der Waals surface area (Å²) in [4.78, 5) is 0. The second kappa shape index (κ2) is 2.88. The number of nitrogens with zero attached hydrogens (tertiary/aromatic N) is 3. The number of halogens is 1. The summed E-state index contributed by atoms with van der Waals surface area (Å²) in [6.07, 6.45) is 1.89. The van der Waals surface area contributed by atoms with E-state index in [-0.39, 0.29) is 0 Å². The van der Waals surface area contributed by atoms with Gasteiger partial charge in [0.1, 0.15) is 5.52 Å². The fraction of sp³-hybridized carbons (Fsp3) is 0.250. The Kier molecular flexibility index (Phi) is 1.84. The van der Waals surface area contributed by atoms with Crippen molar-refractivity contribution in [3.05, 3.63) is 17.4 Å². The van der Waals surface area contributed by atoms with E-state index in [0.717, 1.165) is 10.9 Å². The molecule has 0 fully saturated rings. The van der Waals surface area contributed by atoms with Crippen molar-refractivity contribution >= 4 is 22.5 Å². The van der Waals surface area contributed by atoms with Gasteiger partial charge in [-0.3, -0.25) is 0 Å². The standard InChI is InChI=1S/C8H8ClN3O/c1-12-4-3-5-6(12)8(13-2)11-10-7(5)9/h3-4H,1-2H3. The predicted octanol–water partition coefficient (Wildman–Crippen LogP) is 1.63. The maximum Gasteiger partial charge on any atom is 0.258 e. The minimum Gasteiger partial charge on any atom is -0.478 e. The highest BCUT2D eigenvalue weighted by molar-refractivity contribution is 6.34. The molecule has 2 rings (SSSR count). The maximum atomic E-state index is 5.86. The van der Waals surface area contributed by atoms with Gasteiger partial charge >= 0.3 is 0 Å². The number of ether oxygens (including phenoxy) is 1. The monoisotopic (exact) mass is 197 g/mol. The van der Waals surface area contributed by atoms with Gasteiger partial charge in [-0.2, -0.15) is 0 Å². The lowest BCUT2D eigenvalue weighted by Crippen LogP contribution is -1.95. The van der Waals surface area contributed by atoms with E-state index in [4.69, 9.17) is 16.3 Å². The molecule has 2 aromatic heterocycles. The molecule has 0 atom stereocenters. The van der Waals surface area contributed by atoms with Crippen molar-refractivity contribution < 1.29 is 4.74 Å². The smallest absolute Gasteiger partial charge is 0.258 e. The van der Waals surface area contributed by atoms with E-state index in [9.17, 15) is 0 Å². The maximum absolute atomic E-state index is 5.86. The molecule has 0 aromatic carbocycles. The van der Waals surface area contributed by atoms with Gasteiger partial charge in [0, 0.05) is 18.6 Å². The van der Waals surface area contributed by atoms with Gasteiger partial charge in [0.05, 0.1) is 7.11 Å². The van der Waals surface area contributed by atoms with Crippen LogP contribution in [0, 0.1) is 0 Å². The number of aryl methyl sites for hydroxylation is 1. The molecule has 5 heteroatoms. The summed E-state index contributed by atoms with van der Waals surface area (Å²) in [5, 5.41) is 8.86. The molecule has 0 aliphatic heterocycles. The highest BCUT2D eigenvalue weighted by Gasteiger charge is 2.10. The summed E-state index contributed by atoms with van der Waals surface area (Å²) in [6, 6.07) is 1.88. The molecule has 68 valence electrons. The van der Waals surface area contributed by atoms with Gasteiger partial charge in [-0.15, -0.1) is 10.2 Å². The predicted molar refractivity (Wildman–Crippen MR) is 50.1 cm³/mol. The third kappa shape index (κ3) is 1.14. The molecule has 0 aliphatic rings. The van der Waals surface area contributed by atoms with E-state index in [0.29, 0.717) is 11.0 Å². The summed E-state index contributed by atoms with van der Waals surface area (Å²) in [7, 11) is 3.47. The highest BCUT2D eigenvalue weighted by Crippen LogP contribution is 2.27.